The molecule has 0 unspecified atom stereocenters. The van der Waals surface area contributed by atoms with E-state index in [1.54, 1.807) is 0 Å². The van der Waals surface area contributed by atoms with Gasteiger partial charge in [-0.1, -0.05) is 34.9 Å². The van der Waals surface area contributed by atoms with Crippen LogP contribution in [0.5, 0.6) is 0 Å². The first-order valence-corrected chi connectivity index (χ1v) is 9.49. The van der Waals surface area contributed by atoms with Gasteiger partial charge in [0.1, 0.15) is 6.04 Å². The van der Waals surface area contributed by atoms with E-state index >= 15 is 0 Å². The van der Waals surface area contributed by atoms with Gasteiger partial charge in [-0.05, 0) is 60.3 Å². The predicted octanol–water partition coefficient (Wildman–Crippen LogP) is 4.86. The maximum atomic E-state index is 11.7. The molecule has 1 N–H and O–H groups in total. The first kappa shape index (κ1) is 23.0. The number of ether oxygens (including phenoxy) is 1. The zero-order valence-corrected chi connectivity index (χ0v) is 16.9. The Labute approximate surface area is 154 Å². The van der Waals surface area contributed by atoms with Crippen molar-refractivity contribution in [2.75, 3.05) is 18.9 Å². The van der Waals surface area contributed by atoms with Crippen LogP contribution >= 0.6 is 12.6 Å². The minimum atomic E-state index is -0.338. The minimum Gasteiger partial charge on any atom is -0.465 e. The first-order valence-electron chi connectivity index (χ1n) is 8.86. The van der Waals surface area contributed by atoms with Gasteiger partial charge in [0.2, 0.25) is 0 Å². The van der Waals surface area contributed by atoms with Gasteiger partial charge in [0.15, 0.2) is 0 Å². The Morgan fingerprint density at radius 3 is 2.17 bits per heavy atom. The van der Waals surface area contributed by atoms with Gasteiger partial charge in [-0.25, -0.2) is 0 Å². The molecule has 0 saturated heterocycles. The van der Waals surface area contributed by atoms with Crippen molar-refractivity contribution >= 4 is 18.6 Å². The Kier molecular flexibility index (Phi) is 13.8. The maximum Gasteiger partial charge on any atom is 0.323 e. The van der Waals surface area contributed by atoms with Gasteiger partial charge in [0.25, 0.3) is 0 Å². The minimum absolute atomic E-state index is 0.228. The molecule has 0 aromatic heterocycles. The van der Waals surface area contributed by atoms with Crippen LogP contribution in [0.25, 0.3) is 0 Å². The zero-order chi connectivity index (χ0) is 18.4. The average molecular weight is 354 g/mol. The van der Waals surface area contributed by atoms with Crippen molar-refractivity contribution < 1.29 is 9.53 Å². The number of hydrogen-bond acceptors (Lipinski definition) is 4. The van der Waals surface area contributed by atoms with Gasteiger partial charge in [0.05, 0.1) is 6.61 Å². The second-order valence-electron chi connectivity index (χ2n) is 6.36. The lowest BCUT2D eigenvalue weighted by Gasteiger charge is -2.13. The lowest BCUT2D eigenvalue weighted by Crippen LogP contribution is -2.39. The predicted molar refractivity (Wildman–Crippen MR) is 108 cm³/mol. The first-order chi connectivity index (χ1) is 11.4. The molecular weight excluding hydrogens is 318 g/mol. The summed E-state index contributed by atoms with van der Waals surface area (Å²) >= 11 is 4.20. The Balaban J connectivity index is 4.09. The summed E-state index contributed by atoms with van der Waals surface area (Å²) < 4.78 is 5.01. The molecule has 0 spiro atoms. The third kappa shape index (κ3) is 12.4. The summed E-state index contributed by atoms with van der Waals surface area (Å²) in [6, 6.07) is -0.338. The molecule has 0 saturated carbocycles. The summed E-state index contributed by atoms with van der Waals surface area (Å²) in [6.07, 6.45) is 11.1. The Morgan fingerprint density at radius 2 is 1.62 bits per heavy atom. The number of carbonyl (C=O) groups excluding carboxylic acids is 1. The average Bonchev–Trinajstić information content (AvgIpc) is 2.51. The lowest BCUT2D eigenvalue weighted by molar-refractivity contribution is -0.144. The molecule has 3 nitrogen and oxygen atoms in total. The molecule has 0 aliphatic rings. The largest absolute Gasteiger partial charge is 0.465 e. The van der Waals surface area contributed by atoms with Crippen LogP contribution in [0.3, 0.4) is 0 Å². The lowest BCUT2D eigenvalue weighted by atomic mass is 10.1. The second-order valence-corrected chi connectivity index (χ2v) is 6.72. The fraction of sp³-hybridized carbons (Fsp3) is 0.650. The van der Waals surface area contributed by atoms with Crippen molar-refractivity contribution in [3.05, 3.63) is 34.9 Å². The normalized spacial score (nSPS) is 13.6. The highest BCUT2D eigenvalue weighted by Gasteiger charge is 2.16. The van der Waals surface area contributed by atoms with Gasteiger partial charge in [0, 0.05) is 12.3 Å². The van der Waals surface area contributed by atoms with Gasteiger partial charge < -0.3 is 10.1 Å². The van der Waals surface area contributed by atoms with E-state index in [9.17, 15) is 4.79 Å². The second kappa shape index (κ2) is 14.4. The van der Waals surface area contributed by atoms with Gasteiger partial charge in [-0.15, -0.1) is 0 Å². The molecule has 24 heavy (non-hydrogen) atoms. The molecule has 0 radical (unpaired) electrons. The topological polar surface area (TPSA) is 38.3 Å². The summed E-state index contributed by atoms with van der Waals surface area (Å²) in [5.74, 6) is 0.216. The summed E-state index contributed by atoms with van der Waals surface area (Å²) in [4.78, 5) is 11.7. The number of esters is 1. The van der Waals surface area contributed by atoms with E-state index in [1.165, 1.54) is 16.7 Å². The standard InChI is InChI=1S/C20H35NO2S/c1-6-23-20(22)19(15-24)21-14-13-18(5)12-8-11-17(4)10-7-9-16(2)3/h9,11,13,19,21,24H,6-8,10,12,14-15H2,1-5H3/b17-11+,18-13+/t19-/m0/s1. The number of allylic oxidation sites excluding steroid dienone is 5. The van der Waals surface area contributed by atoms with Crippen LogP contribution in [0.1, 0.15) is 60.3 Å². The molecule has 0 aliphatic heterocycles. The smallest absolute Gasteiger partial charge is 0.323 e. The molecule has 4 heteroatoms. The number of nitrogens with one attached hydrogen (secondary N) is 1. The molecule has 0 rings (SSSR count). The number of thiol groups is 1. The molecule has 0 amide bonds. The monoisotopic (exact) mass is 353 g/mol. The molecule has 138 valence electrons. The molecule has 0 fully saturated rings. The highest BCUT2D eigenvalue weighted by Crippen LogP contribution is 2.11. The van der Waals surface area contributed by atoms with E-state index in [-0.39, 0.29) is 12.0 Å². The quantitative estimate of drug-likeness (QED) is 0.299. The van der Waals surface area contributed by atoms with Gasteiger partial charge >= 0.3 is 5.97 Å². The van der Waals surface area contributed by atoms with E-state index in [1.807, 2.05) is 6.92 Å². The Bertz CT molecular complexity index is 449. The van der Waals surface area contributed by atoms with Crippen LogP contribution in [0.4, 0.5) is 0 Å². The molecule has 0 heterocycles. The van der Waals surface area contributed by atoms with Crippen molar-refractivity contribution in [1.29, 1.82) is 0 Å². The maximum absolute atomic E-state index is 11.7. The highest BCUT2D eigenvalue weighted by molar-refractivity contribution is 7.80. The highest BCUT2D eigenvalue weighted by atomic mass is 32.1. The molecule has 0 bridgehead atoms. The number of rotatable bonds is 12. The van der Waals surface area contributed by atoms with Crippen LogP contribution in [0.2, 0.25) is 0 Å². The molecular formula is C20H35NO2S. The summed E-state index contributed by atoms with van der Waals surface area (Å²) in [5.41, 5.74) is 4.17. The van der Waals surface area contributed by atoms with E-state index in [4.69, 9.17) is 4.74 Å². The third-order valence-corrected chi connectivity index (χ3v) is 4.06. The van der Waals surface area contributed by atoms with E-state index in [0.717, 1.165) is 25.7 Å². The molecule has 0 aromatic rings. The van der Waals surface area contributed by atoms with Gasteiger partial charge in [-0.3, -0.25) is 4.79 Å². The Morgan fingerprint density at radius 1 is 1.04 bits per heavy atom. The summed E-state index contributed by atoms with van der Waals surface area (Å²) in [6.45, 7) is 11.5. The van der Waals surface area contributed by atoms with Crippen molar-refractivity contribution in [3.8, 4) is 0 Å². The molecule has 0 aromatic carbocycles. The van der Waals surface area contributed by atoms with E-state index in [0.29, 0.717) is 18.9 Å². The summed E-state index contributed by atoms with van der Waals surface area (Å²) in [5, 5.41) is 3.17. The van der Waals surface area contributed by atoms with E-state index < -0.39 is 0 Å². The fourth-order valence-electron chi connectivity index (χ4n) is 2.18. The van der Waals surface area contributed by atoms with E-state index in [2.05, 4.69) is 63.9 Å². The number of carbonyl (C=O) groups is 1. The SMILES string of the molecule is CCOC(=O)[C@H](CS)NC/C=C(\C)CC/C=C(\C)CCC=C(C)C. The van der Waals surface area contributed by atoms with Crippen LogP contribution in [0.15, 0.2) is 34.9 Å². The zero-order valence-electron chi connectivity index (χ0n) is 16.0. The molecule has 1 atom stereocenters. The van der Waals surface area contributed by atoms with Gasteiger partial charge in [-0.2, -0.15) is 12.6 Å². The third-order valence-electron chi connectivity index (χ3n) is 3.69. The van der Waals surface area contributed by atoms with Crippen molar-refractivity contribution in [2.24, 2.45) is 0 Å². The van der Waals surface area contributed by atoms with Crippen LogP contribution in [0, 0.1) is 0 Å². The van der Waals surface area contributed by atoms with Crippen molar-refractivity contribution in [1.82, 2.24) is 5.32 Å². The van der Waals surface area contributed by atoms with Crippen LogP contribution in [-0.4, -0.2) is 30.9 Å². The van der Waals surface area contributed by atoms with Crippen molar-refractivity contribution in [3.63, 3.8) is 0 Å². The summed E-state index contributed by atoms with van der Waals surface area (Å²) in [7, 11) is 0. The fourth-order valence-corrected chi connectivity index (χ4v) is 2.46. The van der Waals surface area contributed by atoms with Crippen molar-refractivity contribution in [2.45, 2.75) is 66.3 Å². The molecule has 0 aliphatic carbocycles. The Hall–Kier alpha value is -1.00. The van der Waals surface area contributed by atoms with Crippen LogP contribution in [-0.2, 0) is 9.53 Å². The van der Waals surface area contributed by atoms with Crippen LogP contribution < -0.4 is 5.32 Å². The number of hydrogen-bond donors (Lipinski definition) is 2.